The Morgan fingerprint density at radius 2 is 1.64 bits per heavy atom. The fraction of sp³-hybridized carbons (Fsp3) is 0.227. The van der Waals surface area contributed by atoms with Crippen LogP contribution < -0.4 is 5.43 Å². The smallest absolute Gasteiger partial charge is 0.273 e. The molecule has 0 spiro atoms. The zero-order chi connectivity index (χ0) is 19.8. The molecule has 28 heavy (non-hydrogen) atoms. The molecule has 0 saturated heterocycles. The Balaban J connectivity index is 1.57. The fourth-order valence-electron chi connectivity index (χ4n) is 3.90. The molecular formula is C22H19BrN2O3. The van der Waals surface area contributed by atoms with Gasteiger partial charge < -0.3 is 0 Å². The predicted molar refractivity (Wildman–Crippen MR) is 108 cm³/mol. The number of halogens is 1. The van der Waals surface area contributed by atoms with Crippen LogP contribution in [-0.2, 0) is 4.79 Å². The highest BCUT2D eigenvalue weighted by Gasteiger charge is 2.39. The molecule has 0 bridgehead atoms. The summed E-state index contributed by atoms with van der Waals surface area (Å²) in [7, 11) is 0. The van der Waals surface area contributed by atoms with E-state index >= 15 is 0 Å². The van der Waals surface area contributed by atoms with Crippen LogP contribution in [0.15, 0.2) is 64.7 Å². The zero-order valence-electron chi connectivity index (χ0n) is 15.3. The topological polar surface area (TPSA) is 66.5 Å². The van der Waals surface area contributed by atoms with Gasteiger partial charge in [0, 0.05) is 4.47 Å². The van der Waals surface area contributed by atoms with Crippen LogP contribution >= 0.6 is 15.9 Å². The number of fused-ring (bicyclic) bond motifs is 1. The van der Waals surface area contributed by atoms with Crippen LogP contribution in [0.1, 0.15) is 52.0 Å². The van der Waals surface area contributed by atoms with Crippen molar-refractivity contribution >= 4 is 33.7 Å². The van der Waals surface area contributed by atoms with Crippen LogP contribution in [0.5, 0.6) is 0 Å². The number of hydrogen-bond donors (Lipinski definition) is 1. The minimum absolute atomic E-state index is 0.00622. The van der Waals surface area contributed by atoms with Gasteiger partial charge >= 0.3 is 0 Å². The largest absolute Gasteiger partial charge is 0.280 e. The highest BCUT2D eigenvalue weighted by atomic mass is 79.9. The van der Waals surface area contributed by atoms with E-state index < -0.39 is 11.8 Å². The van der Waals surface area contributed by atoms with Gasteiger partial charge in [-0.25, -0.2) is 0 Å². The Kier molecular flexibility index (Phi) is 4.89. The van der Waals surface area contributed by atoms with E-state index in [1.54, 1.807) is 24.3 Å². The average Bonchev–Trinajstić information content (AvgIpc) is 2.93. The first-order valence-corrected chi connectivity index (χ1v) is 9.94. The van der Waals surface area contributed by atoms with Gasteiger partial charge in [-0.05, 0) is 55.5 Å². The number of imide groups is 1. The summed E-state index contributed by atoms with van der Waals surface area (Å²) in [6.45, 7) is 2.06. The lowest BCUT2D eigenvalue weighted by Crippen LogP contribution is -2.49. The molecule has 2 atom stereocenters. The van der Waals surface area contributed by atoms with Crippen LogP contribution in [-0.4, -0.2) is 22.7 Å². The first-order chi connectivity index (χ1) is 13.5. The van der Waals surface area contributed by atoms with Crippen molar-refractivity contribution in [1.82, 2.24) is 10.4 Å². The van der Waals surface area contributed by atoms with E-state index in [1.807, 2.05) is 24.3 Å². The minimum atomic E-state index is -0.489. The van der Waals surface area contributed by atoms with Gasteiger partial charge in [-0.2, -0.15) is 5.01 Å². The lowest BCUT2D eigenvalue weighted by atomic mass is 9.75. The Morgan fingerprint density at radius 1 is 1.04 bits per heavy atom. The standard InChI is InChI=1S/C22H19BrN2O3/c1-13-6-11-16(19(12-13)14-7-9-15(23)10-8-14)20(26)24-25-21(27)17-4-2-3-5-18(17)22(25)28/h2-10,16,19H,11-12H2,1H3,(H,24,26)/t16-,19+/m0/s1. The van der Waals surface area contributed by atoms with E-state index in [0.717, 1.165) is 21.5 Å². The normalized spacial score (nSPS) is 21.4. The maximum atomic E-state index is 13.1. The third-order valence-electron chi connectivity index (χ3n) is 5.40. The first kappa shape index (κ1) is 18.6. The van der Waals surface area contributed by atoms with Gasteiger partial charge in [-0.1, -0.05) is 51.8 Å². The molecule has 6 heteroatoms. The van der Waals surface area contributed by atoms with Crippen molar-refractivity contribution in [2.24, 2.45) is 5.92 Å². The lowest BCUT2D eigenvalue weighted by molar-refractivity contribution is -0.129. The summed E-state index contributed by atoms with van der Waals surface area (Å²) in [4.78, 5) is 38.1. The summed E-state index contributed by atoms with van der Waals surface area (Å²) in [5, 5.41) is 0.844. The molecule has 1 N–H and O–H groups in total. The Bertz CT molecular complexity index is 962. The zero-order valence-corrected chi connectivity index (χ0v) is 16.9. The third-order valence-corrected chi connectivity index (χ3v) is 5.93. The second-order valence-corrected chi connectivity index (χ2v) is 8.14. The highest BCUT2D eigenvalue weighted by molar-refractivity contribution is 9.10. The van der Waals surface area contributed by atoms with Crippen LogP contribution in [0.3, 0.4) is 0 Å². The van der Waals surface area contributed by atoms with E-state index in [1.165, 1.54) is 5.57 Å². The van der Waals surface area contributed by atoms with E-state index in [-0.39, 0.29) is 17.7 Å². The van der Waals surface area contributed by atoms with Gasteiger partial charge in [0.05, 0.1) is 17.0 Å². The van der Waals surface area contributed by atoms with E-state index in [4.69, 9.17) is 0 Å². The summed E-state index contributed by atoms with van der Waals surface area (Å²) in [6.07, 6.45) is 3.39. The third kappa shape index (κ3) is 3.29. The maximum absolute atomic E-state index is 13.1. The summed E-state index contributed by atoms with van der Waals surface area (Å²) >= 11 is 3.44. The van der Waals surface area contributed by atoms with Crippen molar-refractivity contribution in [3.05, 3.63) is 81.3 Å². The molecule has 0 saturated carbocycles. The molecule has 4 rings (SSSR count). The van der Waals surface area contributed by atoms with Crippen molar-refractivity contribution in [3.8, 4) is 0 Å². The number of hydrazine groups is 1. The Hall–Kier alpha value is -2.73. The van der Waals surface area contributed by atoms with Crippen molar-refractivity contribution in [1.29, 1.82) is 0 Å². The van der Waals surface area contributed by atoms with E-state index in [9.17, 15) is 14.4 Å². The van der Waals surface area contributed by atoms with Gasteiger partial charge in [0.1, 0.15) is 0 Å². The Labute approximate surface area is 171 Å². The average molecular weight is 439 g/mol. The van der Waals surface area contributed by atoms with Gasteiger partial charge in [0.2, 0.25) is 5.91 Å². The SMILES string of the molecule is CC1=CC[C@H](C(=O)NN2C(=O)c3ccccc3C2=O)[C@@H](c2ccc(Br)cc2)C1. The molecule has 0 radical (unpaired) electrons. The van der Waals surface area contributed by atoms with Crippen LogP contribution in [0.4, 0.5) is 0 Å². The molecular weight excluding hydrogens is 420 g/mol. The highest BCUT2D eigenvalue weighted by Crippen LogP contribution is 2.38. The number of hydrogen-bond acceptors (Lipinski definition) is 3. The van der Waals surface area contributed by atoms with E-state index in [0.29, 0.717) is 17.5 Å². The van der Waals surface area contributed by atoms with Gasteiger partial charge in [-0.3, -0.25) is 19.8 Å². The summed E-state index contributed by atoms with van der Waals surface area (Å²) < 4.78 is 0.978. The van der Waals surface area contributed by atoms with Gasteiger partial charge in [-0.15, -0.1) is 0 Å². The number of amides is 3. The number of allylic oxidation sites excluding steroid dienone is 2. The van der Waals surface area contributed by atoms with Crippen LogP contribution in [0.2, 0.25) is 0 Å². The molecule has 0 aromatic heterocycles. The van der Waals surface area contributed by atoms with E-state index in [2.05, 4.69) is 34.4 Å². The van der Waals surface area contributed by atoms with Crippen molar-refractivity contribution in [2.75, 3.05) is 0 Å². The number of carbonyl (C=O) groups excluding carboxylic acids is 3. The molecule has 2 aliphatic rings. The van der Waals surface area contributed by atoms with Crippen molar-refractivity contribution < 1.29 is 14.4 Å². The first-order valence-electron chi connectivity index (χ1n) is 9.15. The molecule has 1 aliphatic carbocycles. The fourth-order valence-corrected chi connectivity index (χ4v) is 4.16. The molecule has 1 aliphatic heterocycles. The summed E-state index contributed by atoms with van der Waals surface area (Å²) in [6, 6.07) is 14.5. The van der Waals surface area contributed by atoms with Crippen LogP contribution in [0, 0.1) is 5.92 Å². The number of nitrogens with one attached hydrogen (secondary N) is 1. The van der Waals surface area contributed by atoms with Gasteiger partial charge in [0.25, 0.3) is 11.8 Å². The molecule has 0 fully saturated rings. The molecule has 5 nitrogen and oxygen atoms in total. The van der Waals surface area contributed by atoms with Crippen molar-refractivity contribution in [3.63, 3.8) is 0 Å². The number of rotatable bonds is 3. The number of benzene rings is 2. The lowest BCUT2D eigenvalue weighted by Gasteiger charge is -2.31. The summed E-state index contributed by atoms with van der Waals surface area (Å²) in [5.41, 5.74) is 5.51. The molecule has 142 valence electrons. The maximum Gasteiger partial charge on any atom is 0.280 e. The second-order valence-electron chi connectivity index (χ2n) is 7.22. The molecule has 2 aromatic rings. The number of nitrogens with zero attached hydrogens (tertiary/aromatic N) is 1. The number of carbonyl (C=O) groups is 3. The van der Waals surface area contributed by atoms with Gasteiger partial charge in [0.15, 0.2) is 0 Å². The second kappa shape index (κ2) is 7.36. The molecule has 2 aromatic carbocycles. The Morgan fingerprint density at radius 3 is 2.25 bits per heavy atom. The quantitative estimate of drug-likeness (QED) is 0.576. The monoisotopic (exact) mass is 438 g/mol. The molecule has 3 amide bonds. The summed E-state index contributed by atoms with van der Waals surface area (Å²) in [5.74, 6) is -1.65. The molecule has 1 heterocycles. The minimum Gasteiger partial charge on any atom is -0.273 e. The van der Waals surface area contributed by atoms with Crippen LogP contribution in [0.25, 0.3) is 0 Å². The predicted octanol–water partition coefficient (Wildman–Crippen LogP) is 4.22. The van der Waals surface area contributed by atoms with Crippen molar-refractivity contribution in [2.45, 2.75) is 25.7 Å². The molecule has 0 unspecified atom stereocenters.